The van der Waals surface area contributed by atoms with Crippen LogP contribution in [0, 0.1) is 0 Å². The Labute approximate surface area is 103 Å². The number of nitrogens with zero attached hydrogens (tertiary/aromatic N) is 1. The van der Waals surface area contributed by atoms with Crippen molar-refractivity contribution in [2.75, 3.05) is 0 Å². The quantitative estimate of drug-likeness (QED) is 0.751. The first-order chi connectivity index (χ1) is 7.93. The minimum atomic E-state index is -0.582. The highest BCUT2D eigenvalue weighted by molar-refractivity contribution is 6.07. The van der Waals surface area contributed by atoms with Gasteiger partial charge in [-0.05, 0) is 33.1 Å². The van der Waals surface area contributed by atoms with E-state index in [1.165, 1.54) is 11.3 Å². The maximum atomic E-state index is 12.5. The van der Waals surface area contributed by atoms with Gasteiger partial charge in [-0.3, -0.25) is 9.69 Å². The molecule has 2 fully saturated rings. The second kappa shape index (κ2) is 4.00. The molecule has 3 amide bonds. The predicted octanol–water partition coefficient (Wildman–Crippen LogP) is 2.43. The van der Waals surface area contributed by atoms with Crippen molar-refractivity contribution in [3.63, 3.8) is 0 Å². The van der Waals surface area contributed by atoms with Gasteiger partial charge in [-0.25, -0.2) is 4.79 Å². The summed E-state index contributed by atoms with van der Waals surface area (Å²) < 4.78 is 0. The zero-order valence-electron chi connectivity index (χ0n) is 11.0. The second-order valence-electron chi connectivity index (χ2n) is 5.88. The van der Waals surface area contributed by atoms with E-state index in [-0.39, 0.29) is 17.5 Å². The van der Waals surface area contributed by atoms with Crippen molar-refractivity contribution in [1.29, 1.82) is 0 Å². The predicted molar refractivity (Wildman–Crippen MR) is 65.6 cm³/mol. The monoisotopic (exact) mass is 238 g/mol. The van der Waals surface area contributed by atoms with Crippen LogP contribution in [0.25, 0.3) is 0 Å². The lowest BCUT2D eigenvalue weighted by atomic mass is 9.81. The molecule has 1 saturated carbocycles. The van der Waals surface area contributed by atoms with E-state index in [1.54, 1.807) is 0 Å². The van der Waals surface area contributed by atoms with Gasteiger partial charge in [0, 0.05) is 5.54 Å². The molecule has 96 valence electrons. The number of rotatable bonds is 2. The first-order valence-electron chi connectivity index (χ1n) is 6.60. The summed E-state index contributed by atoms with van der Waals surface area (Å²) in [6.45, 7) is 5.91. The topological polar surface area (TPSA) is 49.4 Å². The number of nitrogens with one attached hydrogen (secondary N) is 1. The Morgan fingerprint density at radius 3 is 2.35 bits per heavy atom. The van der Waals surface area contributed by atoms with Gasteiger partial charge in [0.15, 0.2) is 0 Å². The molecule has 0 aromatic carbocycles. The van der Waals surface area contributed by atoms with Crippen LogP contribution in [0.5, 0.6) is 0 Å². The third kappa shape index (κ3) is 1.83. The van der Waals surface area contributed by atoms with E-state index >= 15 is 0 Å². The molecular weight excluding hydrogens is 216 g/mol. The Morgan fingerprint density at radius 1 is 1.24 bits per heavy atom. The van der Waals surface area contributed by atoms with Gasteiger partial charge in [-0.1, -0.05) is 26.2 Å². The SMILES string of the molecule is CCC(C)(C)N1C(=O)NC2(CCCCC2)C1=O. The number of amides is 3. The largest absolute Gasteiger partial charge is 0.325 e. The van der Waals surface area contributed by atoms with Crippen molar-refractivity contribution in [1.82, 2.24) is 10.2 Å². The molecule has 4 nitrogen and oxygen atoms in total. The number of hydrogen-bond acceptors (Lipinski definition) is 2. The standard InChI is InChI=1S/C13H22N2O2/c1-4-12(2,3)15-10(16)13(14-11(15)17)8-6-5-7-9-13/h4-9H2,1-3H3,(H,14,17). The van der Waals surface area contributed by atoms with Crippen LogP contribution in [0.4, 0.5) is 4.79 Å². The van der Waals surface area contributed by atoms with Crippen LogP contribution >= 0.6 is 0 Å². The summed E-state index contributed by atoms with van der Waals surface area (Å²) >= 11 is 0. The molecule has 2 aliphatic rings. The molecule has 1 N–H and O–H groups in total. The summed E-state index contributed by atoms with van der Waals surface area (Å²) in [6.07, 6.45) is 5.62. The lowest BCUT2D eigenvalue weighted by molar-refractivity contribution is -0.136. The van der Waals surface area contributed by atoms with Crippen molar-refractivity contribution in [3.8, 4) is 0 Å². The number of imide groups is 1. The molecule has 1 heterocycles. The fourth-order valence-corrected chi connectivity index (χ4v) is 2.82. The molecule has 4 heteroatoms. The summed E-state index contributed by atoms with van der Waals surface area (Å²) in [7, 11) is 0. The van der Waals surface area contributed by atoms with Gasteiger partial charge in [0.1, 0.15) is 5.54 Å². The molecule has 0 unspecified atom stereocenters. The zero-order chi connectivity index (χ0) is 12.7. The number of carbonyl (C=O) groups is 2. The summed E-state index contributed by atoms with van der Waals surface area (Å²) in [6, 6.07) is -0.205. The average Bonchev–Trinajstić information content (AvgIpc) is 2.52. The van der Waals surface area contributed by atoms with E-state index < -0.39 is 5.54 Å². The highest BCUT2D eigenvalue weighted by Gasteiger charge is 2.54. The lowest BCUT2D eigenvalue weighted by Gasteiger charge is -2.35. The molecule has 0 atom stereocenters. The zero-order valence-corrected chi connectivity index (χ0v) is 11.0. The number of urea groups is 1. The molecule has 0 aromatic rings. The van der Waals surface area contributed by atoms with Gasteiger partial charge in [-0.2, -0.15) is 0 Å². The Bertz CT molecular complexity index is 343. The molecule has 17 heavy (non-hydrogen) atoms. The molecule has 1 aliphatic heterocycles. The first-order valence-corrected chi connectivity index (χ1v) is 6.60. The van der Waals surface area contributed by atoms with Gasteiger partial charge in [0.05, 0.1) is 0 Å². The summed E-state index contributed by atoms with van der Waals surface area (Å²) in [5.74, 6) is -0.00551. The van der Waals surface area contributed by atoms with Gasteiger partial charge >= 0.3 is 6.03 Å². The van der Waals surface area contributed by atoms with E-state index in [4.69, 9.17) is 0 Å². The Balaban J connectivity index is 2.27. The average molecular weight is 238 g/mol. The summed E-state index contributed by atoms with van der Waals surface area (Å²) in [5, 5.41) is 2.95. The maximum Gasteiger partial charge on any atom is 0.325 e. The van der Waals surface area contributed by atoms with Crippen LogP contribution in [0.3, 0.4) is 0 Å². The van der Waals surface area contributed by atoms with Crippen molar-refractivity contribution >= 4 is 11.9 Å². The molecule has 1 saturated heterocycles. The lowest BCUT2D eigenvalue weighted by Crippen LogP contribution is -2.51. The van der Waals surface area contributed by atoms with E-state index in [0.29, 0.717) is 0 Å². The molecule has 0 bridgehead atoms. The van der Waals surface area contributed by atoms with Gasteiger partial charge in [0.2, 0.25) is 0 Å². The van der Waals surface area contributed by atoms with E-state index in [9.17, 15) is 9.59 Å². The first kappa shape index (κ1) is 12.4. The van der Waals surface area contributed by atoms with E-state index in [2.05, 4.69) is 5.32 Å². The van der Waals surface area contributed by atoms with Crippen LogP contribution in [0.15, 0.2) is 0 Å². The molecule has 0 radical (unpaired) electrons. The minimum Gasteiger partial charge on any atom is -0.323 e. The normalized spacial score (nSPS) is 24.3. The van der Waals surface area contributed by atoms with Crippen molar-refractivity contribution < 1.29 is 9.59 Å². The summed E-state index contributed by atoms with van der Waals surface area (Å²) in [5.41, 5.74) is -0.968. The fourth-order valence-electron chi connectivity index (χ4n) is 2.82. The smallest absolute Gasteiger partial charge is 0.323 e. The van der Waals surface area contributed by atoms with Crippen molar-refractivity contribution in [3.05, 3.63) is 0 Å². The highest BCUT2D eigenvalue weighted by Crippen LogP contribution is 2.36. The maximum absolute atomic E-state index is 12.5. The third-order valence-corrected chi connectivity index (χ3v) is 4.34. The van der Waals surface area contributed by atoms with Crippen LogP contribution in [-0.4, -0.2) is 27.9 Å². The third-order valence-electron chi connectivity index (χ3n) is 4.34. The van der Waals surface area contributed by atoms with Crippen molar-refractivity contribution in [2.24, 2.45) is 0 Å². The minimum absolute atomic E-state index is 0.00551. The Hall–Kier alpha value is -1.06. The molecule has 2 rings (SSSR count). The fraction of sp³-hybridized carbons (Fsp3) is 0.846. The second-order valence-corrected chi connectivity index (χ2v) is 5.88. The van der Waals surface area contributed by atoms with Crippen LogP contribution in [-0.2, 0) is 4.79 Å². The van der Waals surface area contributed by atoms with E-state index in [1.807, 2.05) is 20.8 Å². The number of hydrogen-bond donors (Lipinski definition) is 1. The Kier molecular flexibility index (Phi) is 2.92. The highest BCUT2D eigenvalue weighted by atomic mass is 16.2. The van der Waals surface area contributed by atoms with Gasteiger partial charge in [0.25, 0.3) is 5.91 Å². The van der Waals surface area contributed by atoms with Crippen molar-refractivity contribution in [2.45, 2.75) is 70.4 Å². The molecule has 1 aliphatic carbocycles. The Morgan fingerprint density at radius 2 is 1.82 bits per heavy atom. The van der Waals surface area contributed by atoms with Gasteiger partial charge in [-0.15, -0.1) is 0 Å². The van der Waals surface area contributed by atoms with Crippen LogP contribution < -0.4 is 5.32 Å². The van der Waals surface area contributed by atoms with Crippen LogP contribution in [0.1, 0.15) is 59.3 Å². The molecule has 1 spiro atoms. The van der Waals surface area contributed by atoms with Crippen LogP contribution in [0.2, 0.25) is 0 Å². The van der Waals surface area contributed by atoms with Gasteiger partial charge < -0.3 is 5.32 Å². The molecule has 0 aromatic heterocycles. The molecular formula is C13H22N2O2. The number of carbonyl (C=O) groups excluding carboxylic acids is 2. The van der Waals surface area contributed by atoms with E-state index in [0.717, 1.165) is 32.1 Å². The summed E-state index contributed by atoms with van der Waals surface area (Å²) in [4.78, 5) is 26.0.